The lowest BCUT2D eigenvalue weighted by Crippen LogP contribution is -2.39. The molecule has 8 nitrogen and oxygen atoms in total. The minimum absolute atomic E-state index is 0.0743. The minimum Gasteiger partial charge on any atom is -0.417 e. The molecule has 0 aliphatic carbocycles. The van der Waals surface area contributed by atoms with Crippen molar-refractivity contribution in [2.24, 2.45) is 5.92 Å². The van der Waals surface area contributed by atoms with Crippen LogP contribution in [0.15, 0.2) is 18.3 Å². The molecule has 0 aromatic carbocycles. The Hall–Kier alpha value is -3.04. The van der Waals surface area contributed by atoms with E-state index in [1.165, 1.54) is 12.3 Å². The van der Waals surface area contributed by atoms with Gasteiger partial charge in [0.2, 0.25) is 11.8 Å². The summed E-state index contributed by atoms with van der Waals surface area (Å²) in [5.74, 6) is 1.52. The van der Waals surface area contributed by atoms with E-state index in [1.807, 2.05) is 16.7 Å². The molecule has 2 aromatic rings. The van der Waals surface area contributed by atoms with Gasteiger partial charge in [0, 0.05) is 49.7 Å². The lowest BCUT2D eigenvalue weighted by molar-refractivity contribution is -0.137. The molecule has 0 bridgehead atoms. The van der Waals surface area contributed by atoms with Crippen molar-refractivity contribution >= 4 is 17.4 Å². The zero-order chi connectivity index (χ0) is 22.4. The third-order valence-electron chi connectivity index (χ3n) is 6.59. The van der Waals surface area contributed by atoms with E-state index in [2.05, 4.69) is 31.5 Å². The molecule has 0 unspecified atom stereocenters. The van der Waals surface area contributed by atoms with Gasteiger partial charge < -0.3 is 19.4 Å². The number of aromatic nitrogens is 3. The maximum atomic E-state index is 13.5. The molecule has 170 valence electrons. The molecule has 0 saturated carbocycles. The predicted octanol–water partition coefficient (Wildman–Crippen LogP) is 2.92. The Morgan fingerprint density at radius 1 is 1.22 bits per heavy atom. The molecule has 5 rings (SSSR count). The Kier molecular flexibility index (Phi) is 5.30. The summed E-state index contributed by atoms with van der Waals surface area (Å²) in [5.41, 5.74) is 2.74. The highest BCUT2D eigenvalue weighted by Crippen LogP contribution is 2.40. The zero-order valence-corrected chi connectivity index (χ0v) is 18.2. The molecule has 0 spiro atoms. The van der Waals surface area contributed by atoms with E-state index in [0.717, 1.165) is 48.1 Å². The van der Waals surface area contributed by atoms with E-state index in [0.29, 0.717) is 26.1 Å². The van der Waals surface area contributed by atoms with Gasteiger partial charge in [-0.2, -0.15) is 8.78 Å². The van der Waals surface area contributed by atoms with Crippen LogP contribution in [-0.4, -0.2) is 58.5 Å². The molecule has 2 aromatic heterocycles. The summed E-state index contributed by atoms with van der Waals surface area (Å²) in [4.78, 5) is 32.8. The Morgan fingerprint density at radius 3 is 2.75 bits per heavy atom. The smallest absolute Gasteiger partial charge is 0.388 e. The van der Waals surface area contributed by atoms with Gasteiger partial charge in [0.25, 0.3) is 0 Å². The van der Waals surface area contributed by atoms with E-state index in [1.54, 1.807) is 6.07 Å². The van der Waals surface area contributed by atoms with Crippen LogP contribution in [0.1, 0.15) is 42.9 Å². The van der Waals surface area contributed by atoms with Crippen molar-refractivity contribution in [1.29, 1.82) is 0 Å². The first-order valence-electron chi connectivity index (χ1n) is 11.0. The second kappa shape index (κ2) is 8.14. The molecule has 3 aliphatic heterocycles. The first-order valence-corrected chi connectivity index (χ1v) is 11.0. The number of ether oxygens (including phenoxy) is 1. The number of nitrogens with zero attached hydrogens (tertiary/aromatic N) is 6. The number of aryl methyl sites for hydroxylation is 1. The molecule has 1 amide bonds. The summed E-state index contributed by atoms with van der Waals surface area (Å²) in [5, 5.41) is 0. The van der Waals surface area contributed by atoms with Crippen molar-refractivity contribution in [3.8, 4) is 5.88 Å². The number of amides is 1. The molecule has 3 aliphatic rings. The molecule has 5 heterocycles. The molecule has 2 saturated heterocycles. The number of rotatable bonds is 5. The molecule has 0 N–H and O–H groups in total. The van der Waals surface area contributed by atoms with Crippen LogP contribution in [0.2, 0.25) is 0 Å². The summed E-state index contributed by atoms with van der Waals surface area (Å²) in [6.07, 6.45) is 3.31. The second-order valence-electron chi connectivity index (χ2n) is 8.60. The van der Waals surface area contributed by atoms with Gasteiger partial charge >= 0.3 is 6.61 Å². The first-order chi connectivity index (χ1) is 15.4. The maximum absolute atomic E-state index is 13.5. The van der Waals surface area contributed by atoms with Crippen molar-refractivity contribution in [1.82, 2.24) is 19.9 Å². The topological polar surface area (TPSA) is 74.7 Å². The van der Waals surface area contributed by atoms with E-state index in [-0.39, 0.29) is 23.7 Å². The van der Waals surface area contributed by atoms with Crippen LogP contribution in [-0.2, 0) is 11.3 Å². The number of pyridine rings is 1. The number of halogens is 2. The van der Waals surface area contributed by atoms with Crippen LogP contribution in [0.25, 0.3) is 0 Å². The fourth-order valence-electron chi connectivity index (χ4n) is 4.85. The molecule has 2 fully saturated rings. The zero-order valence-electron chi connectivity index (χ0n) is 18.2. The first kappa shape index (κ1) is 20.8. The quantitative estimate of drug-likeness (QED) is 0.702. The monoisotopic (exact) mass is 444 g/mol. The van der Waals surface area contributed by atoms with Gasteiger partial charge in [-0.05, 0) is 32.8 Å². The summed E-state index contributed by atoms with van der Waals surface area (Å²) in [7, 11) is 0. The Bertz CT molecular complexity index is 1030. The van der Waals surface area contributed by atoms with E-state index < -0.39 is 6.61 Å². The van der Waals surface area contributed by atoms with Crippen molar-refractivity contribution in [3.63, 3.8) is 0 Å². The Balaban J connectivity index is 1.30. The van der Waals surface area contributed by atoms with Crippen molar-refractivity contribution in [2.75, 3.05) is 36.0 Å². The number of carbonyl (C=O) groups is 1. The summed E-state index contributed by atoms with van der Waals surface area (Å²) >= 11 is 0. The number of anilines is 2. The molecule has 32 heavy (non-hydrogen) atoms. The van der Waals surface area contributed by atoms with Crippen LogP contribution in [0, 0.1) is 12.8 Å². The fourth-order valence-corrected chi connectivity index (χ4v) is 4.85. The molecular formula is C22H26F2N6O2. The SMILES string of the molecule is Cc1nc2c(c(N3CCC3)n1)[C@@H](C)N(C(=O)[C@@H]1CCN(c3ccnc(OC(F)F)c3)C1)C2. The van der Waals surface area contributed by atoms with Crippen LogP contribution in [0.4, 0.5) is 20.3 Å². The predicted molar refractivity (Wildman–Crippen MR) is 114 cm³/mol. The van der Waals surface area contributed by atoms with E-state index >= 15 is 0 Å². The average Bonchev–Trinajstić information content (AvgIpc) is 3.31. The summed E-state index contributed by atoms with van der Waals surface area (Å²) < 4.78 is 29.4. The maximum Gasteiger partial charge on any atom is 0.388 e. The van der Waals surface area contributed by atoms with Gasteiger partial charge in [0.05, 0.1) is 24.2 Å². The third kappa shape index (κ3) is 3.71. The third-order valence-corrected chi connectivity index (χ3v) is 6.59. The van der Waals surface area contributed by atoms with Gasteiger partial charge in [0.1, 0.15) is 11.6 Å². The summed E-state index contributed by atoms with van der Waals surface area (Å²) in [6, 6.07) is 3.16. The highest BCUT2D eigenvalue weighted by Gasteiger charge is 2.40. The van der Waals surface area contributed by atoms with Gasteiger partial charge in [0.15, 0.2) is 0 Å². The molecular weight excluding hydrogens is 418 g/mol. The van der Waals surface area contributed by atoms with Gasteiger partial charge in [-0.3, -0.25) is 4.79 Å². The van der Waals surface area contributed by atoms with Crippen molar-refractivity contribution < 1.29 is 18.3 Å². The number of alkyl halides is 2. The highest BCUT2D eigenvalue weighted by atomic mass is 19.3. The van der Waals surface area contributed by atoms with Gasteiger partial charge in [-0.25, -0.2) is 15.0 Å². The van der Waals surface area contributed by atoms with Crippen LogP contribution < -0.4 is 14.5 Å². The fraction of sp³-hybridized carbons (Fsp3) is 0.545. The standard InChI is InChI=1S/C22H26F2N6O2/c1-13-19-17(26-14(2)27-20(19)28-7-3-8-28)12-30(13)21(31)15-5-9-29(11-15)16-4-6-25-18(10-16)32-22(23)24/h4,6,10,13,15,22H,3,5,7-9,11-12H2,1-2H3/t13-,15-/m1/s1. The van der Waals surface area contributed by atoms with Gasteiger partial charge in [-0.15, -0.1) is 0 Å². The lowest BCUT2D eigenvalue weighted by Gasteiger charge is -2.34. The number of hydrogen-bond acceptors (Lipinski definition) is 7. The largest absolute Gasteiger partial charge is 0.417 e. The minimum atomic E-state index is -2.92. The molecule has 10 heteroatoms. The van der Waals surface area contributed by atoms with Crippen LogP contribution >= 0.6 is 0 Å². The number of carbonyl (C=O) groups excluding carboxylic acids is 1. The van der Waals surface area contributed by atoms with Crippen LogP contribution in [0.3, 0.4) is 0 Å². The van der Waals surface area contributed by atoms with E-state index in [9.17, 15) is 13.6 Å². The number of fused-ring (bicyclic) bond motifs is 1. The van der Waals surface area contributed by atoms with Crippen molar-refractivity contribution in [3.05, 3.63) is 35.4 Å². The highest BCUT2D eigenvalue weighted by molar-refractivity contribution is 5.82. The normalized spacial score (nSPS) is 22.3. The Labute approximate surface area is 185 Å². The molecule has 0 radical (unpaired) electrons. The lowest BCUT2D eigenvalue weighted by atomic mass is 10.1. The van der Waals surface area contributed by atoms with Crippen LogP contribution in [0.5, 0.6) is 5.88 Å². The Morgan fingerprint density at radius 2 is 2.03 bits per heavy atom. The van der Waals surface area contributed by atoms with Crippen molar-refractivity contribution in [2.45, 2.75) is 45.9 Å². The second-order valence-corrected chi connectivity index (χ2v) is 8.60. The van der Waals surface area contributed by atoms with Gasteiger partial charge in [-0.1, -0.05) is 0 Å². The summed E-state index contributed by atoms with van der Waals surface area (Å²) in [6.45, 7) is 4.70. The number of hydrogen-bond donors (Lipinski definition) is 0. The average molecular weight is 444 g/mol. The molecule has 2 atom stereocenters. The van der Waals surface area contributed by atoms with E-state index in [4.69, 9.17) is 0 Å².